The van der Waals surface area contributed by atoms with Crippen molar-refractivity contribution in [2.45, 2.75) is 20.4 Å². The first-order chi connectivity index (χ1) is 12.5. The molecule has 3 rings (SSSR count). The Morgan fingerprint density at radius 3 is 2.85 bits per heavy atom. The van der Waals surface area contributed by atoms with E-state index in [0.29, 0.717) is 29.4 Å². The van der Waals surface area contributed by atoms with Crippen molar-refractivity contribution >= 4 is 28.8 Å². The van der Waals surface area contributed by atoms with E-state index in [0.717, 1.165) is 11.4 Å². The van der Waals surface area contributed by atoms with Gasteiger partial charge >= 0.3 is 0 Å². The van der Waals surface area contributed by atoms with E-state index in [4.69, 9.17) is 16.3 Å². The first-order valence-electron chi connectivity index (χ1n) is 8.21. The number of thiophene rings is 1. The fraction of sp³-hybridized carbons (Fsp3) is 0.263. The summed E-state index contributed by atoms with van der Waals surface area (Å²) in [5, 5.41) is 10.1. The van der Waals surface area contributed by atoms with Crippen LogP contribution in [-0.2, 0) is 6.54 Å². The van der Waals surface area contributed by atoms with Crippen molar-refractivity contribution in [1.29, 1.82) is 0 Å². The number of aryl methyl sites for hydroxylation is 1. The highest BCUT2D eigenvalue weighted by atomic mass is 35.5. The third-order valence-electron chi connectivity index (χ3n) is 4.16. The highest BCUT2D eigenvalue weighted by molar-refractivity contribution is 7.13. The third kappa shape index (κ3) is 3.76. The van der Waals surface area contributed by atoms with Gasteiger partial charge in [0.1, 0.15) is 5.75 Å². The molecule has 0 radical (unpaired) electrons. The molecule has 0 aliphatic heterocycles. The molecule has 5 nitrogen and oxygen atoms in total. The number of carbonyl (C=O) groups excluding carboxylic acids is 1. The minimum absolute atomic E-state index is 0.218. The average molecular weight is 390 g/mol. The summed E-state index contributed by atoms with van der Waals surface area (Å²) in [6.07, 6.45) is 0. The van der Waals surface area contributed by atoms with E-state index in [-0.39, 0.29) is 5.91 Å². The number of methoxy groups -OCH3 is 1. The Balaban J connectivity index is 1.68. The average Bonchev–Trinajstić information content (AvgIpc) is 3.23. The molecule has 0 aliphatic rings. The van der Waals surface area contributed by atoms with Gasteiger partial charge in [-0.05, 0) is 43.5 Å². The van der Waals surface area contributed by atoms with E-state index < -0.39 is 0 Å². The van der Waals surface area contributed by atoms with Gasteiger partial charge in [0, 0.05) is 27.7 Å². The number of amides is 1. The second-order valence-electron chi connectivity index (χ2n) is 5.85. The summed E-state index contributed by atoms with van der Waals surface area (Å²) in [6, 6.07) is 9.12. The van der Waals surface area contributed by atoms with Gasteiger partial charge in [0.25, 0.3) is 5.91 Å². The number of ether oxygens (including phenoxy) is 1. The Kier molecular flexibility index (Phi) is 5.64. The largest absolute Gasteiger partial charge is 0.496 e. The van der Waals surface area contributed by atoms with Crippen molar-refractivity contribution in [2.75, 3.05) is 13.7 Å². The fourth-order valence-corrected chi connectivity index (χ4v) is 3.97. The molecule has 0 unspecified atom stereocenters. The molecule has 2 aromatic heterocycles. The van der Waals surface area contributed by atoms with Crippen molar-refractivity contribution in [3.8, 4) is 16.2 Å². The van der Waals surface area contributed by atoms with Crippen LogP contribution in [0.15, 0.2) is 35.7 Å². The molecular weight excluding hydrogens is 370 g/mol. The van der Waals surface area contributed by atoms with Crippen molar-refractivity contribution in [3.63, 3.8) is 0 Å². The maximum atomic E-state index is 12.4. The van der Waals surface area contributed by atoms with Crippen LogP contribution < -0.4 is 10.1 Å². The summed E-state index contributed by atoms with van der Waals surface area (Å²) in [6.45, 7) is 5.11. The SMILES string of the molecule is COc1ccc(Cl)cc1C(=O)NCCn1nc(C)c(-c2cccs2)c1C. The lowest BCUT2D eigenvalue weighted by molar-refractivity contribution is 0.0949. The van der Waals surface area contributed by atoms with Gasteiger partial charge in [-0.15, -0.1) is 11.3 Å². The lowest BCUT2D eigenvalue weighted by atomic mass is 10.1. The minimum Gasteiger partial charge on any atom is -0.496 e. The van der Waals surface area contributed by atoms with Crippen LogP contribution in [0, 0.1) is 13.8 Å². The number of nitrogens with one attached hydrogen (secondary N) is 1. The quantitative estimate of drug-likeness (QED) is 0.683. The normalized spacial score (nSPS) is 10.8. The number of rotatable bonds is 6. The van der Waals surface area contributed by atoms with Gasteiger partial charge in [0.05, 0.1) is 24.9 Å². The number of carbonyl (C=O) groups is 1. The maximum Gasteiger partial charge on any atom is 0.255 e. The number of hydrogen-bond acceptors (Lipinski definition) is 4. The number of aromatic nitrogens is 2. The molecule has 0 saturated carbocycles. The number of halogens is 1. The fourth-order valence-electron chi connectivity index (χ4n) is 2.92. The molecule has 0 spiro atoms. The summed E-state index contributed by atoms with van der Waals surface area (Å²) in [4.78, 5) is 13.6. The van der Waals surface area contributed by atoms with E-state index in [1.54, 1.807) is 29.5 Å². The Hall–Kier alpha value is -2.31. The second-order valence-corrected chi connectivity index (χ2v) is 7.23. The molecule has 26 heavy (non-hydrogen) atoms. The highest BCUT2D eigenvalue weighted by Crippen LogP contribution is 2.30. The molecule has 1 amide bonds. The van der Waals surface area contributed by atoms with Crippen LogP contribution in [0.25, 0.3) is 10.4 Å². The predicted molar refractivity (Wildman–Crippen MR) is 105 cm³/mol. The van der Waals surface area contributed by atoms with Gasteiger partial charge in [0.15, 0.2) is 0 Å². The molecule has 136 valence electrons. The zero-order valence-electron chi connectivity index (χ0n) is 14.9. The Morgan fingerprint density at radius 2 is 2.15 bits per heavy atom. The summed E-state index contributed by atoms with van der Waals surface area (Å²) in [5.74, 6) is 0.280. The maximum absolute atomic E-state index is 12.4. The molecule has 0 bridgehead atoms. The lowest BCUT2D eigenvalue weighted by Gasteiger charge is -2.10. The first kappa shape index (κ1) is 18.5. The van der Waals surface area contributed by atoms with Gasteiger partial charge in [-0.25, -0.2) is 0 Å². The van der Waals surface area contributed by atoms with E-state index in [9.17, 15) is 4.79 Å². The van der Waals surface area contributed by atoms with E-state index in [1.165, 1.54) is 17.6 Å². The molecule has 0 saturated heterocycles. The summed E-state index contributed by atoms with van der Waals surface area (Å²) < 4.78 is 7.16. The lowest BCUT2D eigenvalue weighted by Crippen LogP contribution is -2.28. The van der Waals surface area contributed by atoms with Crippen LogP contribution in [0.4, 0.5) is 0 Å². The zero-order valence-corrected chi connectivity index (χ0v) is 16.4. The molecule has 0 aliphatic carbocycles. The van der Waals surface area contributed by atoms with E-state index in [1.807, 2.05) is 17.7 Å². The zero-order chi connectivity index (χ0) is 18.7. The second kappa shape index (κ2) is 7.93. The molecule has 7 heteroatoms. The van der Waals surface area contributed by atoms with Crippen LogP contribution in [0.3, 0.4) is 0 Å². The topological polar surface area (TPSA) is 56.1 Å². The first-order valence-corrected chi connectivity index (χ1v) is 9.46. The molecule has 2 heterocycles. The van der Waals surface area contributed by atoms with Crippen molar-refractivity contribution in [3.05, 3.63) is 57.7 Å². The van der Waals surface area contributed by atoms with Crippen LogP contribution in [0.1, 0.15) is 21.7 Å². The molecule has 1 N–H and O–H groups in total. The third-order valence-corrected chi connectivity index (χ3v) is 5.29. The summed E-state index contributed by atoms with van der Waals surface area (Å²) in [5.41, 5.74) is 3.68. The number of benzene rings is 1. The van der Waals surface area contributed by atoms with Gasteiger partial charge < -0.3 is 10.1 Å². The highest BCUT2D eigenvalue weighted by Gasteiger charge is 2.15. The Morgan fingerprint density at radius 1 is 1.35 bits per heavy atom. The van der Waals surface area contributed by atoms with Crippen LogP contribution in [0.2, 0.25) is 5.02 Å². The molecule has 0 atom stereocenters. The standard InChI is InChI=1S/C19H20ClN3O2S/c1-12-18(17-5-4-10-26-17)13(2)23(22-12)9-8-21-19(24)15-11-14(20)6-7-16(15)25-3/h4-7,10-11H,8-9H2,1-3H3,(H,21,24). The van der Waals surface area contributed by atoms with Crippen LogP contribution >= 0.6 is 22.9 Å². The van der Waals surface area contributed by atoms with E-state index in [2.05, 4.69) is 28.8 Å². The molecule has 3 aromatic rings. The van der Waals surface area contributed by atoms with Gasteiger partial charge in [-0.3, -0.25) is 9.48 Å². The monoisotopic (exact) mass is 389 g/mol. The minimum atomic E-state index is -0.218. The Labute approximate surface area is 161 Å². The number of hydrogen-bond donors (Lipinski definition) is 1. The summed E-state index contributed by atoms with van der Waals surface area (Å²) >= 11 is 7.69. The van der Waals surface area contributed by atoms with Crippen molar-refractivity contribution < 1.29 is 9.53 Å². The smallest absolute Gasteiger partial charge is 0.255 e. The van der Waals surface area contributed by atoms with E-state index >= 15 is 0 Å². The van der Waals surface area contributed by atoms with Gasteiger partial charge in [-0.1, -0.05) is 17.7 Å². The van der Waals surface area contributed by atoms with Gasteiger partial charge in [-0.2, -0.15) is 5.10 Å². The van der Waals surface area contributed by atoms with Crippen molar-refractivity contribution in [1.82, 2.24) is 15.1 Å². The van der Waals surface area contributed by atoms with Crippen molar-refractivity contribution in [2.24, 2.45) is 0 Å². The summed E-state index contributed by atoms with van der Waals surface area (Å²) in [7, 11) is 1.53. The Bertz CT molecular complexity index is 919. The molecule has 1 aromatic carbocycles. The van der Waals surface area contributed by atoms with Crippen LogP contribution in [-0.4, -0.2) is 29.3 Å². The molecular formula is C19H20ClN3O2S. The molecule has 0 fully saturated rings. The predicted octanol–water partition coefficient (Wildman–Crippen LogP) is 4.32. The number of nitrogens with zero attached hydrogens (tertiary/aromatic N) is 2. The van der Waals surface area contributed by atoms with Gasteiger partial charge in [0.2, 0.25) is 0 Å². The van der Waals surface area contributed by atoms with Crippen LogP contribution in [0.5, 0.6) is 5.75 Å².